The zero-order valence-corrected chi connectivity index (χ0v) is 12.4. The van der Waals surface area contributed by atoms with Crippen molar-refractivity contribution in [1.29, 1.82) is 0 Å². The van der Waals surface area contributed by atoms with Gasteiger partial charge in [-0.2, -0.15) is 0 Å². The lowest BCUT2D eigenvalue weighted by atomic mass is 9.66. The van der Waals surface area contributed by atoms with Crippen LogP contribution in [0.2, 0.25) is 0 Å². The summed E-state index contributed by atoms with van der Waals surface area (Å²) in [4.78, 5) is 0. The van der Waals surface area contributed by atoms with Crippen molar-refractivity contribution in [3.63, 3.8) is 0 Å². The molecule has 1 nitrogen and oxygen atoms in total. The second-order valence-corrected chi connectivity index (χ2v) is 6.70. The smallest absolute Gasteiger partial charge is 0.126 e. The zero-order valence-electron chi connectivity index (χ0n) is 12.4. The zero-order chi connectivity index (χ0) is 13.9. The average molecular weight is 263 g/mol. The predicted molar refractivity (Wildman–Crippen MR) is 78.6 cm³/mol. The maximum Gasteiger partial charge on any atom is 0.126 e. The quantitative estimate of drug-likeness (QED) is 0.865. The Hall–Kier alpha value is -0.890. The van der Waals surface area contributed by atoms with E-state index in [0.717, 1.165) is 31.5 Å². The van der Waals surface area contributed by atoms with Crippen molar-refractivity contribution in [3.8, 4) is 0 Å². The van der Waals surface area contributed by atoms with Crippen LogP contribution in [0.15, 0.2) is 24.3 Å². The van der Waals surface area contributed by atoms with E-state index in [1.807, 2.05) is 12.1 Å². The van der Waals surface area contributed by atoms with E-state index in [0.29, 0.717) is 11.8 Å². The van der Waals surface area contributed by atoms with Crippen LogP contribution in [0.4, 0.5) is 4.39 Å². The predicted octanol–water partition coefficient (Wildman–Crippen LogP) is 4.03. The highest BCUT2D eigenvalue weighted by molar-refractivity contribution is 5.19. The second kappa shape index (κ2) is 6.04. The third-order valence-electron chi connectivity index (χ3n) is 4.56. The van der Waals surface area contributed by atoms with E-state index in [1.54, 1.807) is 12.1 Å². The van der Waals surface area contributed by atoms with E-state index in [4.69, 9.17) is 0 Å². The Morgan fingerprint density at radius 1 is 1.37 bits per heavy atom. The van der Waals surface area contributed by atoms with Gasteiger partial charge in [0.05, 0.1) is 0 Å². The Morgan fingerprint density at radius 2 is 2.11 bits per heavy atom. The van der Waals surface area contributed by atoms with Crippen LogP contribution >= 0.6 is 0 Å². The summed E-state index contributed by atoms with van der Waals surface area (Å²) < 4.78 is 13.9. The Balaban J connectivity index is 2.16. The first-order chi connectivity index (χ1) is 9.01. The topological polar surface area (TPSA) is 12.0 Å². The molecule has 1 aliphatic heterocycles. The normalized spacial score (nSPS) is 27.7. The summed E-state index contributed by atoms with van der Waals surface area (Å²) in [7, 11) is 0. The van der Waals surface area contributed by atoms with Crippen molar-refractivity contribution in [2.24, 2.45) is 17.3 Å². The minimum Gasteiger partial charge on any atom is -0.316 e. The van der Waals surface area contributed by atoms with Gasteiger partial charge >= 0.3 is 0 Å². The van der Waals surface area contributed by atoms with E-state index in [2.05, 4.69) is 26.1 Å². The molecule has 2 rings (SSSR count). The molecule has 1 heterocycles. The van der Waals surface area contributed by atoms with E-state index in [-0.39, 0.29) is 11.2 Å². The van der Waals surface area contributed by atoms with Crippen molar-refractivity contribution >= 4 is 0 Å². The molecule has 1 fully saturated rings. The fraction of sp³-hybridized carbons (Fsp3) is 0.647. The van der Waals surface area contributed by atoms with Gasteiger partial charge in [-0.15, -0.1) is 0 Å². The van der Waals surface area contributed by atoms with Crippen LogP contribution in [-0.2, 0) is 6.42 Å². The summed E-state index contributed by atoms with van der Waals surface area (Å²) in [5.41, 5.74) is 1.10. The minimum atomic E-state index is -0.0504. The Kier molecular flexibility index (Phi) is 4.62. The molecule has 0 aromatic heterocycles. The summed E-state index contributed by atoms with van der Waals surface area (Å²) in [6, 6.07) is 7.24. The van der Waals surface area contributed by atoms with Crippen LogP contribution < -0.4 is 5.32 Å². The molecule has 0 radical (unpaired) electrons. The van der Waals surface area contributed by atoms with Crippen molar-refractivity contribution in [1.82, 2.24) is 5.32 Å². The first-order valence-corrected chi connectivity index (χ1v) is 7.45. The Labute approximate surface area is 116 Å². The molecule has 1 saturated heterocycles. The van der Waals surface area contributed by atoms with Gasteiger partial charge in [-0.3, -0.25) is 0 Å². The molecular formula is C17H26FN. The molecular weight excluding hydrogens is 237 g/mol. The van der Waals surface area contributed by atoms with Crippen molar-refractivity contribution < 1.29 is 4.39 Å². The monoisotopic (exact) mass is 263 g/mol. The lowest BCUT2D eigenvalue weighted by Crippen LogP contribution is -2.45. The Bertz CT molecular complexity index is 415. The first-order valence-electron chi connectivity index (χ1n) is 7.45. The lowest BCUT2D eigenvalue weighted by Gasteiger charge is -2.43. The van der Waals surface area contributed by atoms with Gasteiger partial charge in [-0.25, -0.2) is 4.39 Å². The molecule has 0 bridgehead atoms. The van der Waals surface area contributed by atoms with Crippen LogP contribution in [0.1, 0.15) is 39.2 Å². The molecule has 1 aliphatic rings. The molecule has 0 saturated carbocycles. The van der Waals surface area contributed by atoms with Gasteiger partial charge in [0.15, 0.2) is 0 Å². The van der Waals surface area contributed by atoms with Crippen LogP contribution in [0.25, 0.3) is 0 Å². The lowest BCUT2D eigenvalue weighted by molar-refractivity contribution is 0.108. The molecule has 1 aromatic rings. The standard InChI is InChI=1S/C17H26FN/c1-13(2)10-15-12-19-9-8-17(15,3)11-14-6-4-5-7-16(14)18/h4-7,13,15,19H,8-12H2,1-3H3. The van der Waals surface area contributed by atoms with Gasteiger partial charge in [0.25, 0.3) is 0 Å². The van der Waals surface area contributed by atoms with E-state index >= 15 is 0 Å². The van der Waals surface area contributed by atoms with Crippen molar-refractivity contribution in [3.05, 3.63) is 35.6 Å². The molecule has 19 heavy (non-hydrogen) atoms. The number of halogens is 1. The second-order valence-electron chi connectivity index (χ2n) is 6.70. The number of piperidine rings is 1. The van der Waals surface area contributed by atoms with Gasteiger partial charge in [0.2, 0.25) is 0 Å². The van der Waals surface area contributed by atoms with Crippen molar-refractivity contribution in [2.45, 2.75) is 40.0 Å². The van der Waals surface area contributed by atoms with Gasteiger partial charge in [-0.05, 0) is 61.2 Å². The van der Waals surface area contributed by atoms with Crippen LogP contribution in [0, 0.1) is 23.1 Å². The molecule has 1 N–H and O–H groups in total. The molecule has 0 aliphatic carbocycles. The highest BCUT2D eigenvalue weighted by Crippen LogP contribution is 2.40. The fourth-order valence-electron chi connectivity index (χ4n) is 3.35. The molecule has 106 valence electrons. The number of nitrogens with one attached hydrogen (secondary N) is 1. The fourth-order valence-corrected chi connectivity index (χ4v) is 3.35. The summed E-state index contributed by atoms with van der Waals surface area (Å²) in [6.07, 6.45) is 3.22. The molecule has 0 amide bonds. The number of hydrogen-bond acceptors (Lipinski definition) is 1. The highest BCUT2D eigenvalue weighted by Gasteiger charge is 2.37. The van der Waals surface area contributed by atoms with E-state index in [1.165, 1.54) is 6.42 Å². The van der Waals surface area contributed by atoms with Crippen LogP contribution in [-0.4, -0.2) is 13.1 Å². The third-order valence-corrected chi connectivity index (χ3v) is 4.56. The SMILES string of the molecule is CC(C)CC1CNCCC1(C)Cc1ccccc1F. The molecule has 2 unspecified atom stereocenters. The van der Waals surface area contributed by atoms with Crippen molar-refractivity contribution in [2.75, 3.05) is 13.1 Å². The van der Waals surface area contributed by atoms with Crippen LogP contribution in [0.5, 0.6) is 0 Å². The summed E-state index contributed by atoms with van der Waals surface area (Å²) in [6.45, 7) is 9.02. The number of rotatable bonds is 4. The van der Waals surface area contributed by atoms with E-state index in [9.17, 15) is 4.39 Å². The average Bonchev–Trinajstić information content (AvgIpc) is 2.35. The molecule has 0 spiro atoms. The summed E-state index contributed by atoms with van der Waals surface area (Å²) in [5.74, 6) is 1.29. The first kappa shape index (κ1) is 14.5. The van der Waals surface area contributed by atoms with Gasteiger partial charge < -0.3 is 5.32 Å². The Morgan fingerprint density at radius 3 is 2.79 bits per heavy atom. The summed E-state index contributed by atoms with van der Waals surface area (Å²) >= 11 is 0. The number of benzene rings is 1. The molecule has 1 aromatic carbocycles. The molecule has 2 heteroatoms. The van der Waals surface area contributed by atoms with Crippen LogP contribution in [0.3, 0.4) is 0 Å². The largest absolute Gasteiger partial charge is 0.316 e. The highest BCUT2D eigenvalue weighted by atomic mass is 19.1. The third kappa shape index (κ3) is 3.56. The molecule has 2 atom stereocenters. The maximum absolute atomic E-state index is 13.9. The van der Waals surface area contributed by atoms with E-state index < -0.39 is 0 Å². The van der Waals surface area contributed by atoms with Gasteiger partial charge in [-0.1, -0.05) is 39.0 Å². The van der Waals surface area contributed by atoms with Gasteiger partial charge in [0.1, 0.15) is 5.82 Å². The summed E-state index contributed by atoms with van der Waals surface area (Å²) in [5, 5.41) is 3.50. The minimum absolute atomic E-state index is 0.0504. The maximum atomic E-state index is 13.9. The van der Waals surface area contributed by atoms with Gasteiger partial charge in [0, 0.05) is 0 Å². The number of hydrogen-bond donors (Lipinski definition) is 1.